The molecule has 0 atom stereocenters. The van der Waals surface area contributed by atoms with Crippen molar-refractivity contribution in [1.82, 2.24) is 0 Å². The highest BCUT2D eigenvalue weighted by Crippen LogP contribution is 2.66. The van der Waals surface area contributed by atoms with Gasteiger partial charge in [-0.05, 0) is 12.8 Å². The average Bonchev–Trinajstić information content (AvgIpc) is 2.71. The second-order valence-corrected chi connectivity index (χ2v) is 7.56. The quantitative estimate of drug-likeness (QED) is 0.165. The Balaban J connectivity index is 6.78. The molecule has 232 valence electrons. The highest BCUT2D eigenvalue weighted by atomic mass is 19.4. The van der Waals surface area contributed by atoms with Gasteiger partial charge < -0.3 is 5.11 Å². The summed E-state index contributed by atoms with van der Waals surface area (Å²) in [4.78, 5) is 10.4. The normalized spacial score (nSPS) is 15.9. The minimum Gasteiger partial charge on any atom is -0.478 e. The van der Waals surface area contributed by atoms with Gasteiger partial charge in [0.15, 0.2) is 0 Å². The molecule has 0 amide bonds. The number of carboxylic acids is 1. The Morgan fingerprint density at radius 2 is 0.744 bits per heavy atom. The summed E-state index contributed by atoms with van der Waals surface area (Å²) in [6, 6.07) is 0. The van der Waals surface area contributed by atoms with Gasteiger partial charge in [0.2, 0.25) is 0 Å². The van der Waals surface area contributed by atoms with Crippen molar-refractivity contribution < 1.29 is 102 Å². The third kappa shape index (κ3) is 5.05. The predicted octanol–water partition coefficient (Wildman–Crippen LogP) is 8.08. The van der Waals surface area contributed by atoms with Crippen LogP contribution in [0.5, 0.6) is 0 Å². The molecule has 0 radical (unpaired) electrons. The monoisotopic (exact) mass is 632 g/mol. The van der Waals surface area contributed by atoms with Crippen LogP contribution < -0.4 is 0 Å². The molecule has 0 saturated carbocycles. The van der Waals surface area contributed by atoms with Crippen LogP contribution in [0.1, 0.15) is 19.3 Å². The van der Waals surface area contributed by atoms with Crippen LogP contribution in [-0.2, 0) is 4.79 Å². The number of aliphatic carboxylic acids is 1. The maximum atomic E-state index is 13.7. The molecule has 0 aromatic rings. The van der Waals surface area contributed by atoms with Crippen molar-refractivity contribution in [1.29, 1.82) is 0 Å². The number of hydrogen-bond acceptors (Lipinski definition) is 1. The fourth-order valence-corrected chi connectivity index (χ4v) is 2.38. The van der Waals surface area contributed by atoms with Crippen LogP contribution in [0, 0.1) is 0 Å². The minimum absolute atomic E-state index is 1.11. The smallest absolute Gasteiger partial charge is 0.460 e. The van der Waals surface area contributed by atoms with Gasteiger partial charge in [-0.3, -0.25) is 0 Å². The lowest BCUT2D eigenvalue weighted by Gasteiger charge is -2.44. The molecule has 0 aliphatic carbocycles. The molecule has 0 aliphatic heterocycles. The fourth-order valence-electron chi connectivity index (χ4n) is 2.38. The molecule has 0 saturated heterocycles. The van der Waals surface area contributed by atoms with E-state index >= 15 is 0 Å². The van der Waals surface area contributed by atoms with Gasteiger partial charge in [-0.1, -0.05) is 6.58 Å². The van der Waals surface area contributed by atoms with Gasteiger partial charge in [0, 0.05) is 12.0 Å². The van der Waals surface area contributed by atoms with Crippen molar-refractivity contribution in [3.05, 3.63) is 12.2 Å². The molecular formula is C16H9F21O2. The first-order chi connectivity index (χ1) is 16.6. The lowest BCUT2D eigenvalue weighted by Crippen LogP contribution is -2.76. The van der Waals surface area contributed by atoms with E-state index in [1.54, 1.807) is 0 Å². The molecule has 39 heavy (non-hydrogen) atoms. The Bertz CT molecular complexity index is 929. The van der Waals surface area contributed by atoms with E-state index < -0.39 is 90.3 Å². The van der Waals surface area contributed by atoms with Crippen LogP contribution in [0.3, 0.4) is 0 Å². The molecule has 0 aromatic heterocycles. The molecule has 23 heteroatoms. The first-order valence-electron chi connectivity index (χ1n) is 8.96. The topological polar surface area (TPSA) is 37.3 Å². The zero-order chi connectivity index (χ0) is 32.3. The van der Waals surface area contributed by atoms with Crippen LogP contribution in [0.15, 0.2) is 12.2 Å². The number of carboxylic acid groups (broad SMARTS) is 1. The van der Waals surface area contributed by atoms with E-state index in [4.69, 9.17) is 5.11 Å². The van der Waals surface area contributed by atoms with Crippen LogP contribution >= 0.6 is 0 Å². The first kappa shape index (κ1) is 36.7. The molecule has 0 heterocycles. The minimum atomic E-state index is -9.21. The van der Waals surface area contributed by atoms with E-state index in [9.17, 15) is 97.0 Å². The number of halogens is 21. The van der Waals surface area contributed by atoms with Crippen LogP contribution in [0.2, 0.25) is 0 Å². The molecular weight excluding hydrogens is 623 g/mol. The Morgan fingerprint density at radius 3 is 1.00 bits per heavy atom. The molecule has 0 spiro atoms. The van der Waals surface area contributed by atoms with Gasteiger partial charge in [0.1, 0.15) is 0 Å². The van der Waals surface area contributed by atoms with Gasteiger partial charge in [0.25, 0.3) is 0 Å². The summed E-state index contributed by atoms with van der Waals surface area (Å²) >= 11 is 0. The van der Waals surface area contributed by atoms with E-state index in [1.807, 2.05) is 0 Å². The third-order valence-corrected chi connectivity index (χ3v) is 4.85. The molecule has 0 aromatic carbocycles. The summed E-state index contributed by atoms with van der Waals surface area (Å²) < 4.78 is 277. The summed E-state index contributed by atoms with van der Waals surface area (Å²) in [5.74, 6) is -79.3. The first-order valence-corrected chi connectivity index (χ1v) is 8.96. The maximum Gasteiger partial charge on any atom is 0.460 e. The van der Waals surface area contributed by atoms with Gasteiger partial charge in [-0.15, -0.1) is 0 Å². The number of hydrogen-bond donors (Lipinski definition) is 1. The molecule has 2 nitrogen and oxygen atoms in total. The van der Waals surface area contributed by atoms with E-state index in [-0.39, 0.29) is 0 Å². The van der Waals surface area contributed by atoms with Crippen molar-refractivity contribution in [2.45, 2.75) is 78.7 Å². The summed E-state index contributed by atoms with van der Waals surface area (Å²) in [7, 11) is 0. The van der Waals surface area contributed by atoms with E-state index in [0.29, 0.717) is 0 Å². The van der Waals surface area contributed by atoms with Crippen molar-refractivity contribution in [3.8, 4) is 0 Å². The Hall–Kier alpha value is -2.26. The molecule has 0 unspecified atom stereocenters. The van der Waals surface area contributed by atoms with Crippen LogP contribution in [0.4, 0.5) is 92.2 Å². The van der Waals surface area contributed by atoms with Crippen molar-refractivity contribution >= 4 is 5.97 Å². The van der Waals surface area contributed by atoms with Crippen molar-refractivity contribution in [2.24, 2.45) is 0 Å². The maximum absolute atomic E-state index is 13.7. The van der Waals surface area contributed by atoms with E-state index in [0.717, 1.165) is 0 Å². The highest BCUT2D eigenvalue weighted by molar-refractivity contribution is 5.85. The SMILES string of the molecule is C=C(CCCC(F)(F)C(F)(F)C(F)(F)C(F)(F)C(F)(F)C(F)(F)C(F)(F)C(F)(F)C(F)(F)C(F)(F)F)C(=O)O. The van der Waals surface area contributed by atoms with E-state index in [1.165, 1.54) is 0 Å². The standard InChI is InChI=1S/C16H9F21O2/c1-5(6(38)39)3-2-4-7(17,18)8(19,20)9(21,22)10(23,24)11(25,26)12(27,28)13(29,30)14(31,32)15(33,34)16(35,36)37/h1-4H2,(H,38,39). The van der Waals surface area contributed by atoms with Crippen LogP contribution in [-0.4, -0.2) is 70.6 Å². The van der Waals surface area contributed by atoms with Crippen LogP contribution in [0.25, 0.3) is 0 Å². The van der Waals surface area contributed by atoms with E-state index in [2.05, 4.69) is 6.58 Å². The number of alkyl halides is 21. The second kappa shape index (κ2) is 9.68. The molecule has 1 N–H and O–H groups in total. The van der Waals surface area contributed by atoms with Gasteiger partial charge >= 0.3 is 65.4 Å². The highest BCUT2D eigenvalue weighted by Gasteiger charge is 2.97. The molecule has 0 bridgehead atoms. The Morgan fingerprint density at radius 1 is 0.487 bits per heavy atom. The average molecular weight is 632 g/mol. The predicted molar refractivity (Wildman–Crippen MR) is 81.2 cm³/mol. The summed E-state index contributed by atoms with van der Waals surface area (Å²) in [6.45, 7) is 2.62. The molecule has 0 fully saturated rings. The zero-order valence-electron chi connectivity index (χ0n) is 17.6. The summed E-state index contributed by atoms with van der Waals surface area (Å²) in [6.07, 6.45) is -13.9. The number of rotatable bonds is 13. The molecule has 0 rings (SSSR count). The Labute approximate surface area is 200 Å². The number of carbonyl (C=O) groups is 1. The third-order valence-electron chi connectivity index (χ3n) is 4.85. The van der Waals surface area contributed by atoms with Gasteiger partial charge in [-0.25, -0.2) is 4.79 Å². The lowest BCUT2D eigenvalue weighted by molar-refractivity contribution is -0.474. The fraction of sp³-hybridized carbons (Fsp3) is 0.812. The molecule has 0 aliphatic rings. The van der Waals surface area contributed by atoms with Gasteiger partial charge in [0.05, 0.1) is 0 Å². The largest absolute Gasteiger partial charge is 0.478 e. The second-order valence-electron chi connectivity index (χ2n) is 7.56. The van der Waals surface area contributed by atoms with Crippen molar-refractivity contribution in [3.63, 3.8) is 0 Å². The Kier molecular flexibility index (Phi) is 9.12. The summed E-state index contributed by atoms with van der Waals surface area (Å²) in [5, 5.41) is 8.36. The van der Waals surface area contributed by atoms with Gasteiger partial charge in [-0.2, -0.15) is 92.2 Å². The summed E-state index contributed by atoms with van der Waals surface area (Å²) in [5.41, 5.74) is -1.11. The van der Waals surface area contributed by atoms with Crippen molar-refractivity contribution in [2.75, 3.05) is 0 Å². The zero-order valence-corrected chi connectivity index (χ0v) is 17.6. The lowest BCUT2D eigenvalue weighted by atomic mass is 9.85.